The summed E-state index contributed by atoms with van der Waals surface area (Å²) in [5.74, 6) is -1.57. The number of hydrogen-bond acceptors (Lipinski definition) is 10. The molecular weight excluding hydrogens is 976 g/mol. The molecule has 0 fully saturated rings. The van der Waals surface area contributed by atoms with Gasteiger partial charge in [-0.25, -0.2) is 4.57 Å². The maximum atomic E-state index is 12.9. The van der Waals surface area contributed by atoms with Gasteiger partial charge in [0, 0.05) is 19.3 Å². The van der Waals surface area contributed by atoms with Crippen molar-refractivity contribution in [3.05, 3.63) is 134 Å². The number of rotatable bonds is 52. The average Bonchev–Trinajstić information content (AvgIpc) is 3.41. The lowest BCUT2D eigenvalue weighted by molar-refractivity contribution is -0.161. The standard InChI is InChI=1S/C64H103O11P/c1-4-7-10-13-16-19-22-24-26-28-30-32-34-36-39-41-44-47-50-53-62(66)71-57-61(75-64(68)55-52-49-46-43-40-37-35-33-31-29-27-25-23-20-17-14-11-8-5-2)59-73-76(69,70)72-58-60(56-65)74-63(67)54-51-48-45-42-38-21-18-15-12-9-6-3/h7-8,10-11,15-20,24-27,30-33,36-37,39-40,60-61,65H,4-6,9,12-14,21-23,28-29,34-35,38,41-59H2,1-3H3,(H,69,70)/b10-7-,11-8-,18-15-,19-16-,20-17-,26-24-,27-25-,32-30-,33-31-,39-36-,40-37-. The first-order chi connectivity index (χ1) is 37.2. The lowest BCUT2D eigenvalue weighted by atomic mass is 10.1. The third kappa shape index (κ3) is 54.4. The van der Waals surface area contributed by atoms with Crippen LogP contribution >= 0.6 is 7.82 Å². The predicted molar refractivity (Wildman–Crippen MR) is 316 cm³/mol. The summed E-state index contributed by atoms with van der Waals surface area (Å²) in [6, 6.07) is 0. The van der Waals surface area contributed by atoms with Gasteiger partial charge in [0.1, 0.15) is 12.7 Å². The molecule has 0 aliphatic heterocycles. The van der Waals surface area contributed by atoms with Gasteiger partial charge in [0.15, 0.2) is 6.10 Å². The molecule has 12 heteroatoms. The number of hydrogen-bond donors (Lipinski definition) is 2. The van der Waals surface area contributed by atoms with Crippen molar-refractivity contribution in [3.63, 3.8) is 0 Å². The molecule has 0 saturated heterocycles. The normalized spacial score (nSPS) is 14.3. The molecule has 0 aromatic rings. The number of ether oxygens (including phenoxy) is 3. The lowest BCUT2D eigenvalue weighted by Crippen LogP contribution is -2.30. The van der Waals surface area contributed by atoms with Gasteiger partial charge in [-0.05, 0) is 128 Å². The third-order valence-electron chi connectivity index (χ3n) is 11.5. The topological polar surface area (TPSA) is 155 Å². The fourth-order valence-corrected chi connectivity index (χ4v) is 7.94. The summed E-state index contributed by atoms with van der Waals surface area (Å²) in [6.45, 7) is 4.27. The van der Waals surface area contributed by atoms with E-state index in [-0.39, 0.29) is 25.9 Å². The van der Waals surface area contributed by atoms with E-state index in [0.29, 0.717) is 19.3 Å². The van der Waals surface area contributed by atoms with E-state index in [1.807, 2.05) is 0 Å². The number of esters is 3. The van der Waals surface area contributed by atoms with E-state index >= 15 is 0 Å². The summed E-state index contributed by atoms with van der Waals surface area (Å²) < 4.78 is 39.4. The molecular formula is C64H103O11P. The molecule has 0 amide bonds. The van der Waals surface area contributed by atoms with Crippen LogP contribution < -0.4 is 0 Å². The van der Waals surface area contributed by atoms with Crippen molar-refractivity contribution >= 4 is 25.7 Å². The van der Waals surface area contributed by atoms with E-state index in [2.05, 4.69) is 154 Å². The average molecular weight is 1080 g/mol. The van der Waals surface area contributed by atoms with Gasteiger partial charge in [-0.1, -0.05) is 199 Å². The Morgan fingerprint density at radius 1 is 0.382 bits per heavy atom. The first-order valence-corrected chi connectivity index (χ1v) is 30.6. The molecule has 0 rings (SSSR count). The number of phosphoric ester groups is 1. The summed E-state index contributed by atoms with van der Waals surface area (Å²) in [5, 5.41) is 9.80. The number of aliphatic hydroxyl groups is 1. The van der Waals surface area contributed by atoms with Crippen LogP contribution in [0.15, 0.2) is 134 Å². The largest absolute Gasteiger partial charge is 0.472 e. The molecule has 3 atom stereocenters. The molecule has 430 valence electrons. The summed E-state index contributed by atoms with van der Waals surface area (Å²) in [7, 11) is -4.78. The van der Waals surface area contributed by atoms with Gasteiger partial charge in [-0.3, -0.25) is 23.4 Å². The fraction of sp³-hybridized carbons (Fsp3) is 0.609. The minimum absolute atomic E-state index is 0.113. The van der Waals surface area contributed by atoms with Gasteiger partial charge in [-0.2, -0.15) is 0 Å². The van der Waals surface area contributed by atoms with E-state index in [9.17, 15) is 28.9 Å². The number of allylic oxidation sites excluding steroid dienone is 22. The molecule has 0 bridgehead atoms. The molecule has 0 spiro atoms. The monoisotopic (exact) mass is 1080 g/mol. The first kappa shape index (κ1) is 71.6. The Labute approximate surface area is 461 Å². The maximum absolute atomic E-state index is 12.9. The smallest absolute Gasteiger partial charge is 0.462 e. The Hall–Kier alpha value is -4.38. The van der Waals surface area contributed by atoms with Gasteiger partial charge in [-0.15, -0.1) is 0 Å². The maximum Gasteiger partial charge on any atom is 0.472 e. The summed E-state index contributed by atoms with van der Waals surface area (Å²) in [5.41, 5.74) is 0. The molecule has 3 unspecified atom stereocenters. The van der Waals surface area contributed by atoms with Crippen molar-refractivity contribution in [2.24, 2.45) is 0 Å². The van der Waals surface area contributed by atoms with Crippen LogP contribution in [-0.2, 0) is 42.2 Å². The van der Waals surface area contributed by atoms with Crippen LogP contribution in [0, 0.1) is 0 Å². The molecule has 76 heavy (non-hydrogen) atoms. The van der Waals surface area contributed by atoms with Crippen LogP contribution in [0.2, 0.25) is 0 Å². The van der Waals surface area contributed by atoms with E-state index in [0.717, 1.165) is 141 Å². The number of unbranched alkanes of at least 4 members (excludes halogenated alkanes) is 13. The Morgan fingerprint density at radius 3 is 1.08 bits per heavy atom. The van der Waals surface area contributed by atoms with Gasteiger partial charge in [0.05, 0.1) is 19.8 Å². The van der Waals surface area contributed by atoms with Crippen LogP contribution in [0.1, 0.15) is 213 Å². The molecule has 0 aliphatic carbocycles. The predicted octanol–water partition coefficient (Wildman–Crippen LogP) is 17.4. The Kier molecular flexibility index (Phi) is 53.5. The van der Waals surface area contributed by atoms with E-state index in [4.69, 9.17) is 23.3 Å². The first-order valence-electron chi connectivity index (χ1n) is 29.1. The number of carbonyl (C=O) groups is 3. The SMILES string of the molecule is CC/C=C\C/C=C\C/C=C\C/C=C\C/C=C\CCCCCC(=O)OCC(COP(=O)(O)OCC(CO)OC(=O)CCCCCCC/C=C\CCCC)OC(=O)CCCCC/C=C\C/C=C\C/C=C\C/C=C\C/C=C\CC. The number of phosphoric acid groups is 1. The third-order valence-corrected chi connectivity index (χ3v) is 12.5. The number of aliphatic hydroxyl groups excluding tert-OH is 1. The second-order valence-electron chi connectivity index (χ2n) is 18.7. The lowest BCUT2D eigenvalue weighted by Gasteiger charge is -2.21. The van der Waals surface area contributed by atoms with Crippen molar-refractivity contribution in [3.8, 4) is 0 Å². The molecule has 2 N–H and O–H groups in total. The molecule has 0 radical (unpaired) electrons. The second kappa shape index (κ2) is 56.8. The Bertz CT molecular complexity index is 1780. The van der Waals surface area contributed by atoms with Gasteiger partial charge in [0.2, 0.25) is 0 Å². The molecule has 0 aliphatic rings. The van der Waals surface area contributed by atoms with Gasteiger partial charge in [0.25, 0.3) is 0 Å². The molecule has 0 aromatic carbocycles. The summed E-state index contributed by atoms with van der Waals surface area (Å²) in [6.07, 6.45) is 71.3. The van der Waals surface area contributed by atoms with Crippen LogP contribution in [0.4, 0.5) is 0 Å². The van der Waals surface area contributed by atoms with Crippen molar-refractivity contribution in [2.45, 2.75) is 226 Å². The number of carbonyl (C=O) groups excluding carboxylic acids is 3. The minimum atomic E-state index is -4.78. The zero-order chi connectivity index (χ0) is 55.5. The second-order valence-corrected chi connectivity index (χ2v) is 20.1. The molecule has 0 saturated carbocycles. The summed E-state index contributed by atoms with van der Waals surface area (Å²) >= 11 is 0. The van der Waals surface area contributed by atoms with Gasteiger partial charge < -0.3 is 24.2 Å². The quantitative estimate of drug-likeness (QED) is 0.0197. The van der Waals surface area contributed by atoms with Crippen LogP contribution in [0.5, 0.6) is 0 Å². The van der Waals surface area contributed by atoms with Crippen LogP contribution in [0.25, 0.3) is 0 Å². The fourth-order valence-electron chi connectivity index (χ4n) is 7.15. The molecule has 0 heterocycles. The highest BCUT2D eigenvalue weighted by Gasteiger charge is 2.28. The summed E-state index contributed by atoms with van der Waals surface area (Å²) in [4.78, 5) is 48.5. The van der Waals surface area contributed by atoms with E-state index in [1.54, 1.807) is 0 Å². The van der Waals surface area contributed by atoms with Crippen molar-refractivity contribution in [1.29, 1.82) is 0 Å². The van der Waals surface area contributed by atoms with E-state index in [1.165, 1.54) is 12.8 Å². The highest BCUT2D eigenvalue weighted by atomic mass is 31.2. The molecule has 11 nitrogen and oxygen atoms in total. The van der Waals surface area contributed by atoms with E-state index < -0.39 is 57.8 Å². The van der Waals surface area contributed by atoms with Gasteiger partial charge >= 0.3 is 25.7 Å². The van der Waals surface area contributed by atoms with Crippen molar-refractivity contribution in [1.82, 2.24) is 0 Å². The highest BCUT2D eigenvalue weighted by Crippen LogP contribution is 2.43. The highest BCUT2D eigenvalue weighted by molar-refractivity contribution is 7.47. The van der Waals surface area contributed by atoms with Crippen molar-refractivity contribution in [2.75, 3.05) is 26.4 Å². The zero-order valence-electron chi connectivity index (χ0n) is 47.4. The minimum Gasteiger partial charge on any atom is -0.462 e. The zero-order valence-corrected chi connectivity index (χ0v) is 48.3. The van der Waals surface area contributed by atoms with Crippen molar-refractivity contribution < 1.29 is 52.2 Å². The van der Waals surface area contributed by atoms with Crippen LogP contribution in [0.3, 0.4) is 0 Å². The Balaban J connectivity index is 4.88. The Morgan fingerprint density at radius 2 is 0.684 bits per heavy atom. The molecule has 0 aromatic heterocycles. The van der Waals surface area contributed by atoms with Crippen LogP contribution in [-0.4, -0.2) is 66.5 Å².